The number of rotatable bonds is 3. The van der Waals surface area contributed by atoms with E-state index in [1.807, 2.05) is 0 Å². The first kappa shape index (κ1) is 10.6. The molecule has 1 rings (SSSR count). The van der Waals surface area contributed by atoms with Gasteiger partial charge in [0.05, 0.1) is 9.85 Å². The SMILES string of the molecule is O=C(O)c1cc([N+](=O)[O-])ccc1[N+](=O)[O-]. The molecule has 0 radical (unpaired) electrons. The van der Waals surface area contributed by atoms with Gasteiger partial charge in [-0.05, 0) is 0 Å². The van der Waals surface area contributed by atoms with Crippen LogP contribution in [0.5, 0.6) is 0 Å². The van der Waals surface area contributed by atoms with Crippen molar-refractivity contribution in [3.63, 3.8) is 0 Å². The minimum Gasteiger partial charge on any atom is -0.477 e. The highest BCUT2D eigenvalue weighted by molar-refractivity contribution is 5.93. The zero-order chi connectivity index (χ0) is 11.6. The van der Waals surface area contributed by atoms with Crippen LogP contribution in [0.2, 0.25) is 0 Å². The lowest BCUT2D eigenvalue weighted by atomic mass is 10.1. The molecule has 0 aromatic heterocycles. The molecule has 0 saturated heterocycles. The molecule has 8 nitrogen and oxygen atoms in total. The fourth-order valence-corrected chi connectivity index (χ4v) is 0.968. The monoisotopic (exact) mass is 212 g/mol. The Hall–Kier alpha value is -2.51. The van der Waals surface area contributed by atoms with Gasteiger partial charge >= 0.3 is 5.97 Å². The molecule has 0 spiro atoms. The molecule has 15 heavy (non-hydrogen) atoms. The van der Waals surface area contributed by atoms with E-state index in [0.29, 0.717) is 6.07 Å². The van der Waals surface area contributed by atoms with Crippen molar-refractivity contribution in [1.29, 1.82) is 0 Å². The van der Waals surface area contributed by atoms with Crippen molar-refractivity contribution in [2.45, 2.75) is 0 Å². The molecule has 0 aliphatic rings. The summed E-state index contributed by atoms with van der Waals surface area (Å²) in [6, 6.07) is 2.33. The fraction of sp³-hybridized carbons (Fsp3) is 0. The topological polar surface area (TPSA) is 124 Å². The third-order valence-electron chi connectivity index (χ3n) is 1.62. The van der Waals surface area contributed by atoms with Crippen LogP contribution in [0.1, 0.15) is 10.4 Å². The van der Waals surface area contributed by atoms with E-state index < -0.39 is 32.8 Å². The van der Waals surface area contributed by atoms with Crippen molar-refractivity contribution in [2.75, 3.05) is 0 Å². The molecule has 0 atom stereocenters. The molecule has 1 N–H and O–H groups in total. The first-order chi connectivity index (χ1) is 6.93. The summed E-state index contributed by atoms with van der Waals surface area (Å²) in [7, 11) is 0. The van der Waals surface area contributed by atoms with E-state index in [-0.39, 0.29) is 0 Å². The molecule has 0 unspecified atom stereocenters. The second-order valence-electron chi connectivity index (χ2n) is 2.52. The van der Waals surface area contributed by atoms with Crippen molar-refractivity contribution in [3.05, 3.63) is 44.0 Å². The molecule has 0 fully saturated rings. The summed E-state index contributed by atoms with van der Waals surface area (Å²) in [4.78, 5) is 29.5. The lowest BCUT2D eigenvalue weighted by Gasteiger charge is -1.97. The van der Waals surface area contributed by atoms with E-state index in [2.05, 4.69) is 0 Å². The largest absolute Gasteiger partial charge is 0.477 e. The number of hydrogen-bond donors (Lipinski definition) is 1. The Morgan fingerprint density at radius 1 is 1.20 bits per heavy atom. The Balaban J connectivity index is 3.40. The maximum Gasteiger partial charge on any atom is 0.342 e. The Kier molecular flexibility index (Phi) is 2.61. The Labute approximate surface area is 82.1 Å². The first-order valence-corrected chi connectivity index (χ1v) is 3.59. The zero-order valence-corrected chi connectivity index (χ0v) is 7.11. The summed E-state index contributed by atoms with van der Waals surface area (Å²) in [5.41, 5.74) is -1.87. The van der Waals surface area contributed by atoms with Gasteiger partial charge in [-0.3, -0.25) is 20.2 Å². The number of carbonyl (C=O) groups is 1. The quantitative estimate of drug-likeness (QED) is 0.592. The second kappa shape index (κ2) is 3.70. The van der Waals surface area contributed by atoms with Crippen molar-refractivity contribution >= 4 is 17.3 Å². The van der Waals surface area contributed by atoms with Crippen LogP contribution in [0.15, 0.2) is 18.2 Å². The summed E-state index contributed by atoms with van der Waals surface area (Å²) < 4.78 is 0. The maximum atomic E-state index is 10.6. The first-order valence-electron chi connectivity index (χ1n) is 3.59. The Morgan fingerprint density at radius 3 is 2.20 bits per heavy atom. The smallest absolute Gasteiger partial charge is 0.342 e. The summed E-state index contributed by atoms with van der Waals surface area (Å²) >= 11 is 0. The number of nitrogens with zero attached hydrogens (tertiary/aromatic N) is 2. The van der Waals surface area contributed by atoms with Crippen LogP contribution in [-0.4, -0.2) is 20.9 Å². The van der Waals surface area contributed by atoms with E-state index in [0.717, 1.165) is 12.1 Å². The highest BCUT2D eigenvalue weighted by Gasteiger charge is 2.22. The molecule has 0 saturated carbocycles. The molecule has 0 aliphatic heterocycles. The average molecular weight is 212 g/mol. The van der Waals surface area contributed by atoms with Gasteiger partial charge in [-0.15, -0.1) is 0 Å². The number of nitro groups is 2. The Bertz CT molecular complexity index is 455. The zero-order valence-electron chi connectivity index (χ0n) is 7.11. The van der Waals surface area contributed by atoms with Crippen LogP contribution in [0.4, 0.5) is 11.4 Å². The number of aromatic carboxylic acids is 1. The molecule has 0 amide bonds. The van der Waals surface area contributed by atoms with Crippen LogP contribution in [0, 0.1) is 20.2 Å². The summed E-state index contributed by atoms with van der Waals surface area (Å²) in [5, 5.41) is 29.3. The van der Waals surface area contributed by atoms with Crippen LogP contribution < -0.4 is 0 Å². The lowest BCUT2D eigenvalue weighted by molar-refractivity contribution is -0.389. The van der Waals surface area contributed by atoms with Gasteiger partial charge in [0.15, 0.2) is 0 Å². The van der Waals surface area contributed by atoms with Crippen LogP contribution in [-0.2, 0) is 0 Å². The predicted molar refractivity (Wildman–Crippen MR) is 46.7 cm³/mol. The molecular weight excluding hydrogens is 208 g/mol. The van der Waals surface area contributed by atoms with Crippen LogP contribution >= 0.6 is 0 Å². The van der Waals surface area contributed by atoms with Crippen molar-refractivity contribution < 1.29 is 19.7 Å². The van der Waals surface area contributed by atoms with E-state index in [4.69, 9.17) is 5.11 Å². The van der Waals surface area contributed by atoms with E-state index in [9.17, 15) is 25.0 Å². The normalized spacial score (nSPS) is 9.60. The van der Waals surface area contributed by atoms with Gasteiger partial charge in [-0.2, -0.15) is 0 Å². The minimum absolute atomic E-state index is 0.502. The number of non-ortho nitro benzene ring substituents is 1. The predicted octanol–water partition coefficient (Wildman–Crippen LogP) is 1.20. The van der Waals surface area contributed by atoms with Crippen molar-refractivity contribution in [2.24, 2.45) is 0 Å². The van der Waals surface area contributed by atoms with Gasteiger partial charge in [0.1, 0.15) is 5.56 Å². The number of carboxylic acid groups (broad SMARTS) is 1. The number of carboxylic acids is 1. The number of nitro benzene ring substituents is 2. The molecular formula is C7H4N2O6. The fourth-order valence-electron chi connectivity index (χ4n) is 0.968. The van der Waals surface area contributed by atoms with E-state index >= 15 is 0 Å². The van der Waals surface area contributed by atoms with Crippen LogP contribution in [0.3, 0.4) is 0 Å². The van der Waals surface area contributed by atoms with Gasteiger partial charge in [0, 0.05) is 18.2 Å². The molecule has 0 aliphatic carbocycles. The van der Waals surface area contributed by atoms with Gasteiger partial charge in [-0.1, -0.05) is 0 Å². The molecule has 78 valence electrons. The van der Waals surface area contributed by atoms with E-state index in [1.54, 1.807) is 0 Å². The summed E-state index contributed by atoms with van der Waals surface area (Å²) in [6.07, 6.45) is 0. The Morgan fingerprint density at radius 2 is 1.80 bits per heavy atom. The number of hydrogen-bond acceptors (Lipinski definition) is 5. The van der Waals surface area contributed by atoms with Gasteiger partial charge < -0.3 is 5.11 Å². The molecule has 1 aromatic carbocycles. The molecule has 0 heterocycles. The third kappa shape index (κ3) is 2.05. The third-order valence-corrected chi connectivity index (χ3v) is 1.62. The minimum atomic E-state index is -1.58. The maximum absolute atomic E-state index is 10.6. The average Bonchev–Trinajstić information content (AvgIpc) is 2.16. The van der Waals surface area contributed by atoms with E-state index in [1.165, 1.54) is 0 Å². The highest BCUT2D eigenvalue weighted by Crippen LogP contribution is 2.23. The molecule has 8 heteroatoms. The summed E-state index contributed by atoms with van der Waals surface area (Å²) in [6.45, 7) is 0. The standard InChI is InChI=1S/C7H4N2O6/c10-7(11)5-3-4(8(12)13)1-2-6(5)9(14)15/h1-3H,(H,10,11). The van der Waals surface area contributed by atoms with Crippen LogP contribution in [0.25, 0.3) is 0 Å². The highest BCUT2D eigenvalue weighted by atomic mass is 16.6. The lowest BCUT2D eigenvalue weighted by Crippen LogP contribution is -2.03. The van der Waals surface area contributed by atoms with Crippen molar-refractivity contribution in [3.8, 4) is 0 Å². The van der Waals surface area contributed by atoms with Gasteiger partial charge in [-0.25, -0.2) is 4.79 Å². The second-order valence-corrected chi connectivity index (χ2v) is 2.52. The van der Waals surface area contributed by atoms with Crippen molar-refractivity contribution in [1.82, 2.24) is 0 Å². The summed E-state index contributed by atoms with van der Waals surface area (Å²) in [5.74, 6) is -1.58. The van der Waals surface area contributed by atoms with Gasteiger partial charge in [0.2, 0.25) is 0 Å². The molecule has 1 aromatic rings. The molecule has 0 bridgehead atoms. The van der Waals surface area contributed by atoms with Gasteiger partial charge in [0.25, 0.3) is 11.4 Å². The number of benzene rings is 1.